The van der Waals surface area contributed by atoms with E-state index in [9.17, 15) is 4.79 Å². The topological polar surface area (TPSA) is 84.3 Å². The van der Waals surface area contributed by atoms with Gasteiger partial charge >= 0.3 is 0 Å². The zero-order valence-corrected chi connectivity index (χ0v) is 8.30. The van der Waals surface area contributed by atoms with Crippen molar-refractivity contribution >= 4 is 5.91 Å². The van der Waals surface area contributed by atoms with Gasteiger partial charge in [-0.25, -0.2) is 0 Å². The van der Waals surface area contributed by atoms with Crippen molar-refractivity contribution in [2.24, 2.45) is 5.11 Å². The number of ether oxygens (including phenoxy) is 2. The molecule has 0 aromatic heterocycles. The molecule has 0 atom stereocenters. The first-order valence-corrected chi connectivity index (χ1v) is 4.05. The lowest BCUT2D eigenvalue weighted by atomic mass is 10.2. The van der Waals surface area contributed by atoms with Gasteiger partial charge in [0.05, 0.1) is 19.8 Å². The molecule has 0 fully saturated rings. The average Bonchev–Trinajstić information content (AvgIpc) is 2.28. The van der Waals surface area contributed by atoms with Gasteiger partial charge in [0.1, 0.15) is 0 Å². The highest BCUT2D eigenvalue weighted by molar-refractivity contribution is 5.98. The first kappa shape index (κ1) is 10.9. The highest BCUT2D eigenvalue weighted by Gasteiger charge is 2.14. The van der Waals surface area contributed by atoms with Crippen LogP contribution >= 0.6 is 0 Å². The SMILES string of the molecule is COc1cccc(C(=O)N=[N+]=[N-])c1OC. The summed E-state index contributed by atoms with van der Waals surface area (Å²) in [7, 11) is 2.87. The summed E-state index contributed by atoms with van der Waals surface area (Å²) in [5.74, 6) is -0.0258. The smallest absolute Gasteiger partial charge is 0.253 e. The molecule has 0 saturated carbocycles. The summed E-state index contributed by atoms with van der Waals surface area (Å²) in [4.78, 5) is 13.8. The number of hydrogen-bond acceptors (Lipinski definition) is 3. The van der Waals surface area contributed by atoms with E-state index in [1.807, 2.05) is 0 Å². The summed E-state index contributed by atoms with van der Waals surface area (Å²) in [5.41, 5.74) is 8.33. The monoisotopic (exact) mass is 207 g/mol. The zero-order chi connectivity index (χ0) is 11.3. The average molecular weight is 207 g/mol. The number of methoxy groups -OCH3 is 2. The number of carbonyl (C=O) groups is 1. The molecule has 0 aliphatic rings. The van der Waals surface area contributed by atoms with Crippen molar-refractivity contribution in [1.82, 2.24) is 0 Å². The first-order chi connectivity index (χ1) is 7.24. The molecule has 1 rings (SSSR count). The third kappa shape index (κ3) is 2.18. The fourth-order valence-electron chi connectivity index (χ4n) is 1.15. The Kier molecular flexibility index (Phi) is 3.54. The standard InChI is InChI=1S/C9H9N3O3/c1-14-7-5-3-4-6(8(7)15-2)9(13)11-12-10/h3-5H,1-2H3. The molecule has 15 heavy (non-hydrogen) atoms. The second-order valence-electron chi connectivity index (χ2n) is 2.54. The normalized spacial score (nSPS) is 8.93. The van der Waals surface area contributed by atoms with Crippen molar-refractivity contribution < 1.29 is 14.3 Å². The molecule has 0 unspecified atom stereocenters. The maximum absolute atomic E-state index is 11.3. The van der Waals surface area contributed by atoms with Gasteiger partial charge in [-0.1, -0.05) is 6.07 Å². The molecule has 1 aromatic rings. The molecule has 1 amide bonds. The van der Waals surface area contributed by atoms with E-state index >= 15 is 0 Å². The Hall–Kier alpha value is -2.20. The molecule has 6 nitrogen and oxygen atoms in total. The molecule has 6 heteroatoms. The lowest BCUT2D eigenvalue weighted by molar-refractivity contribution is 0.0997. The van der Waals surface area contributed by atoms with Crippen LogP contribution < -0.4 is 9.47 Å². The summed E-state index contributed by atoms with van der Waals surface area (Å²) >= 11 is 0. The number of para-hydroxylation sites is 1. The number of rotatable bonds is 3. The van der Waals surface area contributed by atoms with Crippen molar-refractivity contribution in [2.45, 2.75) is 0 Å². The van der Waals surface area contributed by atoms with Gasteiger partial charge in [-0.2, -0.15) is 0 Å². The Bertz CT molecular complexity index is 425. The summed E-state index contributed by atoms with van der Waals surface area (Å²) in [6.45, 7) is 0. The predicted octanol–water partition coefficient (Wildman–Crippen LogP) is 2.15. The molecule has 0 radical (unpaired) electrons. The molecule has 0 aliphatic carbocycles. The van der Waals surface area contributed by atoms with Gasteiger partial charge in [0.25, 0.3) is 5.91 Å². The summed E-state index contributed by atoms with van der Waals surface area (Å²) in [6.07, 6.45) is 0. The van der Waals surface area contributed by atoms with Gasteiger partial charge in [-0.05, 0) is 22.8 Å². The molecule has 0 spiro atoms. The second kappa shape index (κ2) is 4.88. The fraction of sp³-hybridized carbons (Fsp3) is 0.222. The Labute approximate surface area is 86.0 Å². The zero-order valence-electron chi connectivity index (χ0n) is 8.30. The number of azide groups is 1. The van der Waals surface area contributed by atoms with Crippen LogP contribution in [-0.4, -0.2) is 20.1 Å². The van der Waals surface area contributed by atoms with Crippen LogP contribution in [0.2, 0.25) is 0 Å². The van der Waals surface area contributed by atoms with Crippen molar-refractivity contribution in [3.63, 3.8) is 0 Å². The second-order valence-corrected chi connectivity index (χ2v) is 2.54. The van der Waals surface area contributed by atoms with E-state index in [1.165, 1.54) is 20.3 Å². The number of hydrogen-bond donors (Lipinski definition) is 0. The Morgan fingerprint density at radius 3 is 2.67 bits per heavy atom. The lowest BCUT2D eigenvalue weighted by Gasteiger charge is -2.09. The Balaban J connectivity index is 3.28. The van der Waals surface area contributed by atoms with Gasteiger partial charge in [-0.15, -0.1) is 0 Å². The van der Waals surface area contributed by atoms with Gasteiger partial charge in [0, 0.05) is 4.91 Å². The lowest BCUT2D eigenvalue weighted by Crippen LogP contribution is -2.00. The maximum atomic E-state index is 11.3. The first-order valence-electron chi connectivity index (χ1n) is 4.05. The van der Waals surface area contributed by atoms with E-state index in [0.29, 0.717) is 5.75 Å². The van der Waals surface area contributed by atoms with Crippen LogP contribution in [0.4, 0.5) is 0 Å². The molecular weight excluding hydrogens is 198 g/mol. The van der Waals surface area contributed by atoms with Crippen LogP contribution in [0.5, 0.6) is 11.5 Å². The van der Waals surface area contributed by atoms with E-state index in [-0.39, 0.29) is 11.3 Å². The van der Waals surface area contributed by atoms with Crippen molar-refractivity contribution in [3.8, 4) is 11.5 Å². The van der Waals surface area contributed by atoms with E-state index in [4.69, 9.17) is 15.0 Å². The van der Waals surface area contributed by atoms with E-state index in [2.05, 4.69) is 10.0 Å². The van der Waals surface area contributed by atoms with Crippen LogP contribution in [0.25, 0.3) is 10.4 Å². The third-order valence-electron chi connectivity index (χ3n) is 1.77. The maximum Gasteiger partial charge on any atom is 0.253 e. The minimum Gasteiger partial charge on any atom is -0.493 e. The summed E-state index contributed by atoms with van der Waals surface area (Å²) in [6, 6.07) is 4.76. The molecular formula is C9H9N3O3. The van der Waals surface area contributed by atoms with E-state index < -0.39 is 5.91 Å². The minimum atomic E-state index is -0.701. The predicted molar refractivity (Wildman–Crippen MR) is 53.0 cm³/mol. The molecule has 0 aliphatic heterocycles. The van der Waals surface area contributed by atoms with Crippen molar-refractivity contribution in [2.75, 3.05) is 14.2 Å². The van der Waals surface area contributed by atoms with Gasteiger partial charge in [0.15, 0.2) is 11.5 Å². The Morgan fingerprint density at radius 1 is 1.40 bits per heavy atom. The van der Waals surface area contributed by atoms with Gasteiger partial charge in [-0.3, -0.25) is 4.79 Å². The van der Waals surface area contributed by atoms with Crippen LogP contribution in [0.3, 0.4) is 0 Å². The quantitative estimate of drug-likeness (QED) is 0.432. The largest absolute Gasteiger partial charge is 0.493 e. The summed E-state index contributed by atoms with van der Waals surface area (Å²) < 4.78 is 10.00. The molecule has 1 aromatic carbocycles. The van der Waals surface area contributed by atoms with Crippen molar-refractivity contribution in [3.05, 3.63) is 34.2 Å². The van der Waals surface area contributed by atoms with Gasteiger partial charge < -0.3 is 9.47 Å². The van der Waals surface area contributed by atoms with Gasteiger partial charge in [0.2, 0.25) is 0 Å². The van der Waals surface area contributed by atoms with Crippen LogP contribution in [0, 0.1) is 0 Å². The molecule has 0 bridgehead atoms. The minimum absolute atomic E-state index is 0.176. The van der Waals surface area contributed by atoms with E-state index in [1.54, 1.807) is 12.1 Å². The van der Waals surface area contributed by atoms with E-state index in [0.717, 1.165) is 0 Å². The number of amides is 1. The number of carbonyl (C=O) groups excluding carboxylic acids is 1. The molecule has 0 heterocycles. The number of nitrogens with zero attached hydrogens (tertiary/aromatic N) is 3. The molecule has 0 saturated heterocycles. The van der Waals surface area contributed by atoms with Crippen LogP contribution in [-0.2, 0) is 0 Å². The molecule has 78 valence electrons. The third-order valence-corrected chi connectivity index (χ3v) is 1.77. The highest BCUT2D eigenvalue weighted by Crippen LogP contribution is 2.30. The van der Waals surface area contributed by atoms with Crippen LogP contribution in [0.15, 0.2) is 23.3 Å². The number of benzene rings is 1. The Morgan fingerprint density at radius 2 is 2.13 bits per heavy atom. The molecule has 0 N–H and O–H groups in total. The van der Waals surface area contributed by atoms with Crippen LogP contribution in [0.1, 0.15) is 10.4 Å². The highest BCUT2D eigenvalue weighted by atomic mass is 16.5. The fourth-order valence-corrected chi connectivity index (χ4v) is 1.15. The van der Waals surface area contributed by atoms with Crippen molar-refractivity contribution in [1.29, 1.82) is 0 Å². The summed E-state index contributed by atoms with van der Waals surface area (Å²) in [5, 5.41) is 2.98.